The van der Waals surface area contributed by atoms with E-state index in [4.69, 9.17) is 28.7 Å². The molecule has 2 heterocycles. The summed E-state index contributed by atoms with van der Waals surface area (Å²) >= 11 is 0. The Morgan fingerprint density at radius 2 is 1.08 bits per heavy atom. The summed E-state index contributed by atoms with van der Waals surface area (Å²) in [4.78, 5) is 133. The zero-order valence-corrected chi connectivity index (χ0v) is 43.7. The Balaban J connectivity index is 1.42. The number of carboxylic acid groups (broad SMARTS) is 1. The third-order valence-corrected chi connectivity index (χ3v) is 12.9. The molecule has 8 atom stereocenters. The van der Waals surface area contributed by atoms with Crippen molar-refractivity contribution in [1.82, 2.24) is 41.7 Å². The zero-order valence-electron chi connectivity index (χ0n) is 43.7. The molecule has 2 aliphatic heterocycles. The fourth-order valence-corrected chi connectivity index (χ4v) is 9.04. The Labute approximate surface area is 447 Å². The minimum Gasteiger partial charge on any atom is -0.480 e. The van der Waals surface area contributed by atoms with Gasteiger partial charge >= 0.3 is 5.97 Å². The van der Waals surface area contributed by atoms with Crippen LogP contribution in [0.15, 0.2) is 70.6 Å². The van der Waals surface area contributed by atoms with Crippen molar-refractivity contribution in [2.75, 3.05) is 39.3 Å². The van der Waals surface area contributed by atoms with Gasteiger partial charge < -0.3 is 80.6 Å². The van der Waals surface area contributed by atoms with Crippen molar-refractivity contribution in [3.05, 3.63) is 71.8 Å². The number of guanidine groups is 2. The van der Waals surface area contributed by atoms with Crippen LogP contribution in [0.2, 0.25) is 0 Å². The number of nitrogens with two attached hydrogens (primary N) is 5. The van der Waals surface area contributed by atoms with E-state index in [1.165, 1.54) is 9.80 Å². The lowest BCUT2D eigenvalue weighted by molar-refractivity contribution is -0.144. The van der Waals surface area contributed by atoms with E-state index in [0.29, 0.717) is 30.4 Å². The predicted octanol–water partition coefficient (Wildman–Crippen LogP) is -3.45. The summed E-state index contributed by atoms with van der Waals surface area (Å²) in [6.45, 7) is 2.91. The molecule has 0 aliphatic carbocycles. The Bertz CT molecular complexity index is 2390. The molecule has 2 aliphatic rings. The van der Waals surface area contributed by atoms with Crippen molar-refractivity contribution in [3.8, 4) is 0 Å². The van der Waals surface area contributed by atoms with Gasteiger partial charge in [0.1, 0.15) is 42.3 Å². The molecule has 2 aromatic carbocycles. The molecule has 0 bridgehead atoms. The second-order valence-electron chi connectivity index (χ2n) is 19.5. The van der Waals surface area contributed by atoms with E-state index in [0.717, 1.165) is 0 Å². The van der Waals surface area contributed by atoms with E-state index in [2.05, 4.69) is 41.9 Å². The van der Waals surface area contributed by atoms with Crippen LogP contribution >= 0.6 is 0 Å². The Morgan fingerprint density at radius 1 is 0.610 bits per heavy atom. The lowest BCUT2D eigenvalue weighted by atomic mass is 10.0. The van der Waals surface area contributed by atoms with Crippen LogP contribution in [0.5, 0.6) is 0 Å². The van der Waals surface area contributed by atoms with Gasteiger partial charge in [-0.2, -0.15) is 0 Å². The zero-order chi connectivity index (χ0) is 56.6. The molecular formula is C51H77N15O11. The number of carbonyl (C=O) groups excluding carboxylic acids is 8. The molecule has 0 unspecified atom stereocenters. The monoisotopic (exact) mass is 1080 g/mol. The smallest absolute Gasteiger partial charge is 0.326 e. The third-order valence-electron chi connectivity index (χ3n) is 12.9. The highest BCUT2D eigenvalue weighted by Crippen LogP contribution is 2.22. The van der Waals surface area contributed by atoms with Crippen molar-refractivity contribution < 1.29 is 53.4 Å². The van der Waals surface area contributed by atoms with Crippen molar-refractivity contribution in [2.45, 2.75) is 133 Å². The molecule has 18 N–H and O–H groups in total. The van der Waals surface area contributed by atoms with E-state index < -0.39 is 115 Å². The molecular weight excluding hydrogens is 999 g/mol. The van der Waals surface area contributed by atoms with E-state index in [-0.39, 0.29) is 95.4 Å². The summed E-state index contributed by atoms with van der Waals surface area (Å²) in [5.74, 6) is -7.26. The lowest BCUT2D eigenvalue weighted by Crippen LogP contribution is -2.60. The molecule has 0 saturated carbocycles. The van der Waals surface area contributed by atoms with Gasteiger partial charge in [-0.1, -0.05) is 74.5 Å². The first-order chi connectivity index (χ1) is 36.7. The van der Waals surface area contributed by atoms with E-state index in [1.807, 2.05) is 13.8 Å². The maximum Gasteiger partial charge on any atom is 0.326 e. The number of nitrogens with zero attached hydrogens (tertiary/aromatic N) is 4. The van der Waals surface area contributed by atoms with E-state index >= 15 is 0 Å². The van der Waals surface area contributed by atoms with Crippen molar-refractivity contribution in [3.63, 3.8) is 0 Å². The minimum atomic E-state index is -1.59. The number of rotatable bonds is 30. The first kappa shape index (κ1) is 61.7. The average molecular weight is 1080 g/mol. The number of hydrogen-bond acceptors (Lipinski definition) is 13. The fraction of sp³-hybridized carbons (Fsp3) is 0.549. The summed E-state index contributed by atoms with van der Waals surface area (Å²) in [6, 6.07) is 7.67. The van der Waals surface area contributed by atoms with Gasteiger partial charge in [-0.3, -0.25) is 48.3 Å². The molecule has 2 saturated heterocycles. The number of carbonyl (C=O) groups is 9. The molecule has 0 radical (unpaired) electrons. The van der Waals surface area contributed by atoms with Crippen LogP contribution in [-0.4, -0.2) is 173 Å². The Hall–Kier alpha value is -7.87. The normalized spacial score (nSPS) is 17.3. The number of likely N-dealkylation sites (tertiary alicyclic amines) is 2. The summed E-state index contributed by atoms with van der Waals surface area (Å²) in [7, 11) is 0. The third kappa shape index (κ3) is 20.3. The summed E-state index contributed by atoms with van der Waals surface area (Å²) in [5.41, 5.74) is 28.8. The highest BCUT2D eigenvalue weighted by atomic mass is 16.4. The topological polar surface area (TPSA) is 428 Å². The van der Waals surface area contributed by atoms with Crippen LogP contribution < -0.4 is 60.6 Å². The number of aliphatic hydroxyl groups excluding tert-OH is 1. The van der Waals surface area contributed by atoms with Crippen LogP contribution in [0.3, 0.4) is 0 Å². The van der Waals surface area contributed by atoms with Crippen LogP contribution in [0.4, 0.5) is 0 Å². The maximum absolute atomic E-state index is 14.2. The molecule has 26 nitrogen and oxygen atoms in total. The first-order valence-electron chi connectivity index (χ1n) is 25.9. The minimum absolute atomic E-state index is 0.0228. The largest absolute Gasteiger partial charge is 0.480 e. The van der Waals surface area contributed by atoms with Gasteiger partial charge in [0.15, 0.2) is 11.9 Å². The molecule has 2 fully saturated rings. The molecule has 77 heavy (non-hydrogen) atoms. The first-order valence-corrected chi connectivity index (χ1v) is 25.9. The Morgan fingerprint density at radius 3 is 1.57 bits per heavy atom. The van der Waals surface area contributed by atoms with Crippen LogP contribution in [-0.2, 0) is 56.0 Å². The van der Waals surface area contributed by atoms with Crippen molar-refractivity contribution in [2.24, 2.45) is 44.6 Å². The molecule has 422 valence electrons. The van der Waals surface area contributed by atoms with Gasteiger partial charge in [0.25, 0.3) is 0 Å². The SMILES string of the molecule is CC(C)C[C@H](NC(=O)[C@@H](N)CCCN=C(N)N)C(=O)N1CCC[C@H]1C(=O)NCC(=O)N[C@@H](Cc1ccccc1)C(=O)N[C@@H](CO)C(=O)N1CCC[C@H]1C(=O)N[C@@H](Cc1ccccc1)C(=O)N[C@@H](CCCN=C(N)N)C(=O)O. The number of aliphatic hydroxyl groups is 1. The van der Waals surface area contributed by atoms with Gasteiger partial charge in [0.2, 0.25) is 47.3 Å². The number of benzene rings is 2. The quantitative estimate of drug-likeness (QED) is 0.0206. The van der Waals surface area contributed by atoms with E-state index in [1.54, 1.807) is 60.7 Å². The molecule has 0 spiro atoms. The number of nitrogens with one attached hydrogen (secondary N) is 6. The van der Waals surface area contributed by atoms with Crippen LogP contribution in [0.25, 0.3) is 0 Å². The van der Waals surface area contributed by atoms with Gasteiger partial charge in [0, 0.05) is 39.0 Å². The van der Waals surface area contributed by atoms with Gasteiger partial charge in [0.05, 0.1) is 19.2 Å². The molecule has 8 amide bonds. The fourth-order valence-electron chi connectivity index (χ4n) is 9.04. The number of aliphatic imine (C=N–C) groups is 2. The molecule has 0 aromatic heterocycles. The van der Waals surface area contributed by atoms with E-state index in [9.17, 15) is 53.4 Å². The van der Waals surface area contributed by atoms with Crippen molar-refractivity contribution in [1.29, 1.82) is 0 Å². The number of aliphatic carboxylic acids is 1. The summed E-state index contributed by atoms with van der Waals surface area (Å²) in [6.07, 6.45) is 2.29. The van der Waals surface area contributed by atoms with Gasteiger partial charge in [-0.25, -0.2) is 4.79 Å². The highest BCUT2D eigenvalue weighted by molar-refractivity contribution is 5.98. The molecule has 4 rings (SSSR count). The standard InChI is InChI=1S/C51H77N15O11/c1-30(2)25-37(63-42(69)33(52)17-9-21-57-50(53)54)47(74)65-23-11-19-39(65)45(72)59-28-41(68)60-35(26-31-13-5-3-6-14-31)43(70)64-38(29-67)48(75)66-24-12-20-40(66)46(73)62-36(27-32-15-7-4-8-16-32)44(71)61-34(49(76)77)18-10-22-58-51(55)56/h3-8,13-16,30,33-40,67H,9-12,17-29,52H2,1-2H3,(H,59,72)(H,60,68)(H,61,71)(H,62,73)(H,63,69)(H,64,70)(H,76,77)(H4,53,54,57)(H4,55,56,58)/t33-,34-,35-,36-,37-,38-,39-,40-/m0/s1. The summed E-state index contributed by atoms with van der Waals surface area (Å²) < 4.78 is 0. The van der Waals surface area contributed by atoms with Crippen LogP contribution in [0.1, 0.15) is 82.8 Å². The lowest BCUT2D eigenvalue weighted by Gasteiger charge is -2.30. The van der Waals surface area contributed by atoms with Gasteiger partial charge in [-0.15, -0.1) is 0 Å². The number of amides is 8. The predicted molar refractivity (Wildman–Crippen MR) is 284 cm³/mol. The number of carboxylic acids is 1. The second-order valence-corrected chi connectivity index (χ2v) is 19.5. The molecule has 2 aromatic rings. The summed E-state index contributed by atoms with van der Waals surface area (Å²) in [5, 5.41) is 36.0. The van der Waals surface area contributed by atoms with Gasteiger partial charge in [-0.05, 0) is 74.8 Å². The van der Waals surface area contributed by atoms with Crippen molar-refractivity contribution >= 4 is 65.1 Å². The Kier molecular flexibility index (Phi) is 25.0. The average Bonchev–Trinajstić information content (AvgIpc) is 4.11. The second kappa shape index (κ2) is 31.2. The maximum atomic E-state index is 14.2. The highest BCUT2D eigenvalue weighted by Gasteiger charge is 2.41. The molecule has 26 heteroatoms. The number of hydrogen-bond donors (Lipinski definition) is 13. The van der Waals surface area contributed by atoms with Crippen LogP contribution in [0, 0.1) is 5.92 Å².